The maximum Gasteiger partial charge on any atom is 0.224 e. The Morgan fingerprint density at radius 1 is 1.11 bits per heavy atom. The van der Waals surface area contributed by atoms with Crippen molar-refractivity contribution in [2.24, 2.45) is 5.92 Å². The van der Waals surface area contributed by atoms with Gasteiger partial charge in [0.2, 0.25) is 5.91 Å². The van der Waals surface area contributed by atoms with Crippen molar-refractivity contribution in [3.8, 4) is 0 Å². The number of nitrogens with one attached hydrogen (secondary N) is 1. The zero-order chi connectivity index (χ0) is 11.7. The summed E-state index contributed by atoms with van der Waals surface area (Å²) in [5, 5.41) is 3.44. The maximum absolute atomic E-state index is 12.3. The Morgan fingerprint density at radius 3 is 2.56 bits per heavy atom. The molecule has 3 rings (SSSR count). The number of rotatable bonds is 3. The van der Waals surface area contributed by atoms with Crippen LogP contribution in [0.5, 0.6) is 0 Å². The van der Waals surface area contributed by atoms with E-state index in [0.29, 0.717) is 18.0 Å². The Labute approximate surface area is 116 Å². The van der Waals surface area contributed by atoms with Crippen molar-refractivity contribution in [3.05, 3.63) is 0 Å². The summed E-state index contributed by atoms with van der Waals surface area (Å²) in [7, 11) is 0. The first-order valence-electron chi connectivity index (χ1n) is 7.37. The molecular formula is C14H25ClN2O. The average Bonchev–Trinajstić information content (AvgIpc) is 2.85. The summed E-state index contributed by atoms with van der Waals surface area (Å²) in [5.41, 5.74) is 0. The molecule has 1 N–H and O–H groups in total. The zero-order valence-electron chi connectivity index (χ0n) is 11.1. The molecule has 18 heavy (non-hydrogen) atoms. The molecule has 0 aromatic carbocycles. The molecule has 1 saturated carbocycles. The van der Waals surface area contributed by atoms with E-state index in [1.54, 1.807) is 0 Å². The summed E-state index contributed by atoms with van der Waals surface area (Å²) in [4.78, 5) is 14.6. The molecule has 3 fully saturated rings. The highest BCUT2D eigenvalue weighted by Gasteiger charge is 2.37. The fraction of sp³-hybridized carbons (Fsp3) is 0.929. The molecule has 0 spiro atoms. The molecule has 0 aromatic heterocycles. The maximum atomic E-state index is 12.3. The quantitative estimate of drug-likeness (QED) is 0.855. The predicted molar refractivity (Wildman–Crippen MR) is 75.0 cm³/mol. The second-order valence-electron chi connectivity index (χ2n) is 5.99. The summed E-state index contributed by atoms with van der Waals surface area (Å²) >= 11 is 0. The van der Waals surface area contributed by atoms with E-state index in [0.717, 1.165) is 25.4 Å². The van der Waals surface area contributed by atoms with E-state index in [-0.39, 0.29) is 12.4 Å². The Bertz CT molecular complexity index is 288. The zero-order valence-corrected chi connectivity index (χ0v) is 11.9. The van der Waals surface area contributed by atoms with E-state index >= 15 is 0 Å². The standard InChI is InChI=1S/C14H24N2O.ClH/c17-14(10-12-6-2-8-15-12)16-9-3-7-13(16)11-4-1-5-11;/h11-13,15H,1-10H2;1H. The average molecular weight is 273 g/mol. The van der Waals surface area contributed by atoms with Gasteiger partial charge in [0.1, 0.15) is 0 Å². The van der Waals surface area contributed by atoms with Crippen LogP contribution in [0.1, 0.15) is 51.4 Å². The van der Waals surface area contributed by atoms with Crippen LogP contribution in [0, 0.1) is 5.92 Å². The fourth-order valence-electron chi connectivity index (χ4n) is 3.68. The molecule has 2 aliphatic heterocycles. The second-order valence-corrected chi connectivity index (χ2v) is 5.99. The van der Waals surface area contributed by atoms with E-state index in [1.165, 1.54) is 44.9 Å². The summed E-state index contributed by atoms with van der Waals surface area (Å²) in [5.74, 6) is 1.25. The van der Waals surface area contributed by atoms with Crippen molar-refractivity contribution in [1.82, 2.24) is 10.2 Å². The van der Waals surface area contributed by atoms with Crippen molar-refractivity contribution in [1.29, 1.82) is 0 Å². The Balaban J connectivity index is 0.00000120. The van der Waals surface area contributed by atoms with Gasteiger partial charge in [-0.15, -0.1) is 12.4 Å². The minimum atomic E-state index is 0. The van der Waals surface area contributed by atoms with Gasteiger partial charge in [-0.2, -0.15) is 0 Å². The van der Waals surface area contributed by atoms with Crippen molar-refractivity contribution in [2.45, 2.75) is 63.5 Å². The highest BCUT2D eigenvalue weighted by atomic mass is 35.5. The van der Waals surface area contributed by atoms with E-state index in [2.05, 4.69) is 10.2 Å². The topological polar surface area (TPSA) is 32.3 Å². The first-order valence-corrected chi connectivity index (χ1v) is 7.37. The highest BCUT2D eigenvalue weighted by Crippen LogP contribution is 2.37. The molecule has 3 aliphatic rings. The summed E-state index contributed by atoms with van der Waals surface area (Å²) < 4.78 is 0. The lowest BCUT2D eigenvalue weighted by Gasteiger charge is -2.37. The third kappa shape index (κ3) is 2.83. The van der Waals surface area contributed by atoms with Crippen molar-refractivity contribution < 1.29 is 4.79 Å². The highest BCUT2D eigenvalue weighted by molar-refractivity contribution is 5.85. The number of nitrogens with zero attached hydrogens (tertiary/aromatic N) is 1. The first kappa shape index (κ1) is 14.1. The summed E-state index contributed by atoms with van der Waals surface area (Å²) in [6, 6.07) is 1.06. The van der Waals surface area contributed by atoms with Gasteiger partial charge in [-0.25, -0.2) is 0 Å². The van der Waals surface area contributed by atoms with Gasteiger partial charge in [0.15, 0.2) is 0 Å². The van der Waals surface area contributed by atoms with Crippen LogP contribution < -0.4 is 5.32 Å². The molecule has 2 unspecified atom stereocenters. The molecule has 2 heterocycles. The number of hydrogen-bond acceptors (Lipinski definition) is 2. The van der Waals surface area contributed by atoms with Gasteiger partial charge in [0.05, 0.1) is 0 Å². The van der Waals surface area contributed by atoms with E-state index in [1.807, 2.05) is 0 Å². The van der Waals surface area contributed by atoms with Crippen LogP contribution in [0.25, 0.3) is 0 Å². The van der Waals surface area contributed by atoms with Crippen molar-refractivity contribution >= 4 is 18.3 Å². The van der Waals surface area contributed by atoms with Gasteiger partial charge < -0.3 is 10.2 Å². The van der Waals surface area contributed by atoms with Crippen molar-refractivity contribution in [2.75, 3.05) is 13.1 Å². The molecule has 0 bridgehead atoms. The smallest absolute Gasteiger partial charge is 0.224 e. The van der Waals surface area contributed by atoms with Gasteiger partial charge in [0, 0.05) is 25.0 Å². The lowest BCUT2D eigenvalue weighted by atomic mass is 9.78. The number of halogens is 1. The van der Waals surface area contributed by atoms with Crippen molar-refractivity contribution in [3.63, 3.8) is 0 Å². The lowest BCUT2D eigenvalue weighted by Crippen LogP contribution is -2.44. The number of hydrogen-bond donors (Lipinski definition) is 1. The Morgan fingerprint density at radius 2 is 1.94 bits per heavy atom. The number of carbonyl (C=O) groups excluding carboxylic acids is 1. The SMILES string of the molecule is Cl.O=C(CC1CCCN1)N1CCCC1C1CCC1. The van der Waals surface area contributed by atoms with Crippen LogP contribution in [0.15, 0.2) is 0 Å². The van der Waals surface area contributed by atoms with E-state index in [4.69, 9.17) is 0 Å². The van der Waals surface area contributed by atoms with Crippen LogP contribution in [0.3, 0.4) is 0 Å². The second kappa shape index (κ2) is 6.25. The summed E-state index contributed by atoms with van der Waals surface area (Å²) in [6.45, 7) is 2.12. The number of amides is 1. The van der Waals surface area contributed by atoms with Crippen LogP contribution in [-0.2, 0) is 4.79 Å². The molecule has 0 aromatic rings. The molecule has 1 amide bonds. The molecule has 2 atom stereocenters. The fourth-order valence-corrected chi connectivity index (χ4v) is 3.68. The van der Waals surface area contributed by atoms with Gasteiger partial charge in [-0.05, 0) is 51.0 Å². The molecular weight excluding hydrogens is 248 g/mol. The molecule has 0 radical (unpaired) electrons. The predicted octanol–water partition coefficient (Wildman–Crippen LogP) is 2.34. The normalized spacial score (nSPS) is 32.1. The Kier molecular flexibility index (Phi) is 4.91. The van der Waals surface area contributed by atoms with Crippen LogP contribution in [-0.4, -0.2) is 36.0 Å². The third-order valence-corrected chi connectivity index (χ3v) is 4.90. The first-order chi connectivity index (χ1) is 8.34. The lowest BCUT2D eigenvalue weighted by molar-refractivity contribution is -0.134. The molecule has 104 valence electrons. The largest absolute Gasteiger partial charge is 0.339 e. The van der Waals surface area contributed by atoms with Crippen LogP contribution >= 0.6 is 12.4 Å². The molecule has 2 saturated heterocycles. The minimum absolute atomic E-state index is 0. The van der Waals surface area contributed by atoms with E-state index < -0.39 is 0 Å². The van der Waals surface area contributed by atoms with Gasteiger partial charge in [-0.1, -0.05) is 6.42 Å². The third-order valence-electron chi connectivity index (χ3n) is 4.90. The molecule has 4 heteroatoms. The van der Waals surface area contributed by atoms with Gasteiger partial charge >= 0.3 is 0 Å². The Hall–Kier alpha value is -0.280. The minimum Gasteiger partial charge on any atom is -0.339 e. The number of carbonyl (C=O) groups is 1. The monoisotopic (exact) mass is 272 g/mol. The number of likely N-dealkylation sites (tertiary alicyclic amines) is 1. The molecule has 1 aliphatic carbocycles. The molecule has 3 nitrogen and oxygen atoms in total. The van der Waals surface area contributed by atoms with E-state index in [9.17, 15) is 4.79 Å². The van der Waals surface area contributed by atoms with Gasteiger partial charge in [-0.3, -0.25) is 4.79 Å². The summed E-state index contributed by atoms with van der Waals surface area (Å²) in [6.07, 6.45) is 9.75. The van der Waals surface area contributed by atoms with Gasteiger partial charge in [0.25, 0.3) is 0 Å². The van der Waals surface area contributed by atoms with Crippen LogP contribution in [0.4, 0.5) is 0 Å². The van der Waals surface area contributed by atoms with Crippen LogP contribution in [0.2, 0.25) is 0 Å².